The predicted octanol–water partition coefficient (Wildman–Crippen LogP) is 2.12. The molecule has 0 saturated carbocycles. The summed E-state index contributed by atoms with van der Waals surface area (Å²) in [5, 5.41) is 1.21. The van der Waals surface area contributed by atoms with Crippen molar-refractivity contribution in [3.05, 3.63) is 30.5 Å². The van der Waals surface area contributed by atoms with Gasteiger partial charge in [-0.3, -0.25) is 0 Å². The number of benzene rings is 1. The highest BCUT2D eigenvalue weighted by Gasteiger charge is 2.09. The van der Waals surface area contributed by atoms with Crippen molar-refractivity contribution in [2.75, 3.05) is 0 Å². The Labute approximate surface area is 57.0 Å². The van der Waals surface area contributed by atoms with Gasteiger partial charge in [-0.2, -0.15) is 4.57 Å². The highest BCUT2D eigenvalue weighted by Crippen LogP contribution is 2.25. The average Bonchev–Trinajstić information content (AvgIpc) is 2.36. The van der Waals surface area contributed by atoms with Gasteiger partial charge in [0.15, 0.2) is 5.58 Å². The van der Waals surface area contributed by atoms with E-state index in [9.17, 15) is 0 Å². The Bertz CT molecular complexity index is 408. The molecule has 48 valence electrons. The van der Waals surface area contributed by atoms with Crippen LogP contribution in [0.3, 0.4) is 0 Å². The Morgan fingerprint density at radius 1 is 1.20 bits per heavy atom. The van der Waals surface area contributed by atoms with E-state index in [4.69, 9.17) is 4.52 Å². The molecular weight excluding hydrogens is 126 g/mol. The third kappa shape index (κ3) is 0.310. The minimum absolute atomic E-state index is 0.996. The van der Waals surface area contributed by atoms with Crippen LogP contribution in [-0.4, -0.2) is 4.57 Å². The Morgan fingerprint density at radius 2 is 2.00 bits per heavy atom. The fourth-order valence-corrected chi connectivity index (χ4v) is 1.32. The summed E-state index contributed by atoms with van der Waals surface area (Å²) in [7, 11) is 0. The summed E-state index contributed by atoms with van der Waals surface area (Å²) >= 11 is 0. The molecular formula is C8H5NO. The van der Waals surface area contributed by atoms with Gasteiger partial charge in [0.05, 0.1) is 11.7 Å². The Balaban J connectivity index is 2.78. The van der Waals surface area contributed by atoms with Crippen molar-refractivity contribution in [1.29, 1.82) is 0 Å². The summed E-state index contributed by atoms with van der Waals surface area (Å²) in [6.45, 7) is 0. The van der Waals surface area contributed by atoms with Crippen LogP contribution in [0, 0.1) is 0 Å². The third-order valence-corrected chi connectivity index (χ3v) is 1.84. The molecule has 0 radical (unpaired) electrons. The lowest BCUT2D eigenvalue weighted by Crippen LogP contribution is -1.77. The molecule has 2 bridgehead atoms. The van der Waals surface area contributed by atoms with Crippen molar-refractivity contribution < 1.29 is 4.52 Å². The second-order valence-electron chi connectivity index (χ2n) is 2.43. The van der Waals surface area contributed by atoms with E-state index in [1.165, 1.54) is 5.39 Å². The van der Waals surface area contributed by atoms with E-state index in [1.54, 1.807) is 4.57 Å². The van der Waals surface area contributed by atoms with Gasteiger partial charge in [0.25, 0.3) is 0 Å². The zero-order chi connectivity index (χ0) is 6.55. The van der Waals surface area contributed by atoms with E-state index < -0.39 is 0 Å². The smallest absolute Gasteiger partial charge is 0.184 e. The maximum absolute atomic E-state index is 5.21. The lowest BCUT2D eigenvalue weighted by atomic mass is 10.2. The fraction of sp³-hybridized carbons (Fsp3) is 0. The van der Waals surface area contributed by atoms with E-state index in [-0.39, 0.29) is 0 Å². The van der Waals surface area contributed by atoms with Crippen molar-refractivity contribution in [2.24, 2.45) is 0 Å². The van der Waals surface area contributed by atoms with Crippen LogP contribution in [0.4, 0.5) is 0 Å². The molecule has 0 unspecified atom stereocenters. The highest BCUT2D eigenvalue weighted by atomic mass is 16.5. The van der Waals surface area contributed by atoms with Crippen molar-refractivity contribution in [3.8, 4) is 0 Å². The lowest BCUT2D eigenvalue weighted by Gasteiger charge is -1.88. The van der Waals surface area contributed by atoms with Gasteiger partial charge in [0.1, 0.15) is 0 Å². The first-order valence-corrected chi connectivity index (χ1v) is 3.23. The summed E-state index contributed by atoms with van der Waals surface area (Å²) in [6, 6.07) is 8.14. The molecule has 0 aliphatic carbocycles. The molecule has 4 rings (SSSR count). The first-order valence-electron chi connectivity index (χ1n) is 3.23. The van der Waals surface area contributed by atoms with Crippen LogP contribution in [0.15, 0.2) is 35.0 Å². The van der Waals surface area contributed by atoms with Crippen LogP contribution in [-0.2, 0) is 0 Å². The molecule has 4 aromatic rings. The summed E-state index contributed by atoms with van der Waals surface area (Å²) < 4.78 is 7.00. The first kappa shape index (κ1) is 4.39. The van der Waals surface area contributed by atoms with Crippen LogP contribution < -0.4 is 0 Å². The van der Waals surface area contributed by atoms with Crippen molar-refractivity contribution in [1.82, 2.24) is 4.57 Å². The molecule has 10 heavy (non-hydrogen) atoms. The second-order valence-corrected chi connectivity index (χ2v) is 2.43. The SMILES string of the molecule is c1ccc2c(c1)c1cn2o1. The molecule has 3 heterocycles. The Morgan fingerprint density at radius 3 is 2.80 bits per heavy atom. The minimum Gasteiger partial charge on any atom is -0.373 e. The van der Waals surface area contributed by atoms with E-state index in [1.807, 2.05) is 24.4 Å². The van der Waals surface area contributed by atoms with Gasteiger partial charge in [-0.25, -0.2) is 0 Å². The molecule has 0 amide bonds. The molecule has 2 nitrogen and oxygen atoms in total. The van der Waals surface area contributed by atoms with Crippen LogP contribution in [0.5, 0.6) is 0 Å². The van der Waals surface area contributed by atoms with Gasteiger partial charge in [-0.1, -0.05) is 12.1 Å². The van der Waals surface area contributed by atoms with Crippen LogP contribution >= 0.6 is 0 Å². The van der Waals surface area contributed by atoms with E-state index in [0.29, 0.717) is 0 Å². The van der Waals surface area contributed by atoms with Crippen molar-refractivity contribution in [2.45, 2.75) is 0 Å². The molecule has 0 spiro atoms. The minimum atomic E-state index is 0.996. The van der Waals surface area contributed by atoms with Gasteiger partial charge >= 0.3 is 0 Å². The van der Waals surface area contributed by atoms with Crippen LogP contribution in [0.1, 0.15) is 0 Å². The largest absolute Gasteiger partial charge is 0.373 e. The quantitative estimate of drug-likeness (QED) is 0.457. The summed E-state index contributed by atoms with van der Waals surface area (Å²) in [5.74, 6) is 0. The Hall–Kier alpha value is -1.44. The molecule has 0 aliphatic heterocycles. The number of rotatable bonds is 0. The molecule has 2 heteroatoms. The lowest BCUT2D eigenvalue weighted by molar-refractivity contribution is 0.371. The molecule has 0 atom stereocenters. The monoisotopic (exact) mass is 131 g/mol. The molecule has 3 aromatic heterocycles. The fourth-order valence-electron chi connectivity index (χ4n) is 1.32. The molecule has 1 aromatic carbocycles. The van der Waals surface area contributed by atoms with Gasteiger partial charge in [0, 0.05) is 5.39 Å². The van der Waals surface area contributed by atoms with Gasteiger partial charge < -0.3 is 4.52 Å². The second kappa shape index (κ2) is 1.19. The standard InChI is InChI=1S/C8H5NO/c1-2-4-7-6(3-1)8-5-9(7)10-8/h1-5H. The van der Waals surface area contributed by atoms with E-state index in [2.05, 4.69) is 6.07 Å². The number of aromatic nitrogens is 1. The van der Waals surface area contributed by atoms with Gasteiger partial charge in [0.2, 0.25) is 0 Å². The normalized spacial score (nSPS) is 12.0. The molecule has 0 aliphatic rings. The average molecular weight is 131 g/mol. The molecule has 0 fully saturated rings. The maximum atomic E-state index is 5.21. The number of hydrogen-bond donors (Lipinski definition) is 0. The maximum Gasteiger partial charge on any atom is 0.184 e. The predicted molar refractivity (Wildman–Crippen MR) is 38.4 cm³/mol. The Kier molecular flexibility index (Phi) is 0.520. The van der Waals surface area contributed by atoms with E-state index >= 15 is 0 Å². The van der Waals surface area contributed by atoms with Crippen LogP contribution in [0.25, 0.3) is 16.5 Å². The number of hydrogen-bond acceptors (Lipinski definition) is 1. The van der Waals surface area contributed by atoms with Crippen molar-refractivity contribution in [3.63, 3.8) is 0 Å². The third-order valence-electron chi connectivity index (χ3n) is 1.84. The molecule has 0 N–H and O–H groups in total. The van der Waals surface area contributed by atoms with Gasteiger partial charge in [-0.05, 0) is 12.1 Å². The first-order chi connectivity index (χ1) is 4.95. The topological polar surface area (TPSA) is 17.6 Å². The van der Waals surface area contributed by atoms with Crippen molar-refractivity contribution >= 4 is 16.5 Å². The number of nitrogens with zero attached hydrogens (tertiary/aromatic N) is 1. The summed E-state index contributed by atoms with van der Waals surface area (Å²) in [5.41, 5.74) is 2.16. The number of para-hydroxylation sites is 1. The van der Waals surface area contributed by atoms with E-state index in [0.717, 1.165) is 11.1 Å². The zero-order valence-corrected chi connectivity index (χ0v) is 5.24. The van der Waals surface area contributed by atoms with Crippen LogP contribution in [0.2, 0.25) is 0 Å². The zero-order valence-electron chi connectivity index (χ0n) is 5.24. The van der Waals surface area contributed by atoms with Gasteiger partial charge in [-0.15, -0.1) is 0 Å². The summed E-state index contributed by atoms with van der Waals surface area (Å²) in [6.07, 6.45) is 1.99. The molecule has 0 saturated heterocycles. The highest BCUT2D eigenvalue weighted by molar-refractivity contribution is 5.95. The summed E-state index contributed by atoms with van der Waals surface area (Å²) in [4.78, 5) is 0.